The van der Waals surface area contributed by atoms with Crippen molar-refractivity contribution in [2.24, 2.45) is 4.99 Å². The highest BCUT2D eigenvalue weighted by Crippen LogP contribution is 2.51. The van der Waals surface area contributed by atoms with Gasteiger partial charge in [-0.2, -0.15) is 4.99 Å². The fraction of sp³-hybridized carbons (Fsp3) is 0.188. The fourth-order valence-corrected chi connectivity index (χ4v) is 2.41. The van der Waals surface area contributed by atoms with Crippen LogP contribution in [0.5, 0.6) is 0 Å². The zero-order valence-electron chi connectivity index (χ0n) is 9.97. The van der Waals surface area contributed by atoms with Crippen molar-refractivity contribution in [2.75, 3.05) is 0 Å². The molecule has 0 unspecified atom stereocenters. The lowest BCUT2D eigenvalue weighted by Crippen LogP contribution is -2.04. The molecule has 2 heteroatoms. The van der Waals surface area contributed by atoms with Crippen LogP contribution in [0.25, 0.3) is 11.1 Å². The fourth-order valence-electron chi connectivity index (χ4n) is 2.41. The zero-order valence-corrected chi connectivity index (χ0v) is 9.97. The Morgan fingerprint density at radius 2 is 1.61 bits per heavy atom. The number of hydrogen-bond donors (Lipinski definition) is 0. The molecule has 1 aliphatic rings. The van der Waals surface area contributed by atoms with Crippen LogP contribution in [0.4, 0.5) is 0 Å². The molecule has 0 N–H and O–H groups in total. The van der Waals surface area contributed by atoms with Gasteiger partial charge in [0.15, 0.2) is 0 Å². The molecule has 0 heterocycles. The quantitative estimate of drug-likeness (QED) is 0.589. The van der Waals surface area contributed by atoms with Crippen LogP contribution < -0.4 is 0 Å². The highest BCUT2D eigenvalue weighted by Gasteiger charge is 2.46. The molecule has 0 amide bonds. The van der Waals surface area contributed by atoms with Gasteiger partial charge in [0.2, 0.25) is 6.08 Å². The van der Waals surface area contributed by atoms with Gasteiger partial charge in [-0.3, -0.25) is 0 Å². The zero-order chi connectivity index (χ0) is 12.4. The van der Waals surface area contributed by atoms with Crippen molar-refractivity contribution in [1.82, 2.24) is 0 Å². The van der Waals surface area contributed by atoms with E-state index in [9.17, 15) is 4.79 Å². The first-order chi connectivity index (χ1) is 8.86. The summed E-state index contributed by atoms with van der Waals surface area (Å²) < 4.78 is 0. The van der Waals surface area contributed by atoms with Gasteiger partial charge < -0.3 is 0 Å². The number of benzene rings is 2. The third-order valence-corrected chi connectivity index (χ3v) is 3.50. The Hall–Kier alpha value is -2.18. The second kappa shape index (κ2) is 4.25. The predicted molar refractivity (Wildman–Crippen MR) is 70.9 cm³/mol. The van der Waals surface area contributed by atoms with Crippen LogP contribution in [-0.4, -0.2) is 6.08 Å². The molecule has 18 heavy (non-hydrogen) atoms. The van der Waals surface area contributed by atoms with Crippen molar-refractivity contribution >= 4 is 6.08 Å². The molecular formula is C16H13NO. The van der Waals surface area contributed by atoms with Gasteiger partial charge >= 0.3 is 0 Å². The minimum absolute atomic E-state index is 0.311. The second-order valence-corrected chi connectivity index (χ2v) is 4.65. The number of isocyanates is 1. The molecule has 0 aliphatic heterocycles. The second-order valence-electron chi connectivity index (χ2n) is 4.65. The van der Waals surface area contributed by atoms with Gasteiger partial charge in [-0.1, -0.05) is 54.6 Å². The van der Waals surface area contributed by atoms with Gasteiger partial charge in [-0.05, 0) is 29.5 Å². The Bertz CT molecular complexity index is 608. The molecule has 2 aromatic rings. The first kappa shape index (κ1) is 10.9. The number of nitrogens with zero attached hydrogens (tertiary/aromatic N) is 1. The molecule has 3 rings (SSSR count). The maximum absolute atomic E-state index is 10.6. The SMILES string of the molecule is O=C=NC1(c2ccccc2-c2ccccc2)CC1. The standard InChI is InChI=1S/C16H13NO/c18-12-17-16(10-11-16)15-9-5-4-8-14(15)13-6-2-1-3-7-13/h1-9H,10-11H2. The molecule has 88 valence electrons. The molecule has 1 saturated carbocycles. The van der Waals surface area contributed by atoms with E-state index in [1.54, 1.807) is 6.08 Å². The topological polar surface area (TPSA) is 29.4 Å². The lowest BCUT2D eigenvalue weighted by molar-refractivity contribution is 0.556. The highest BCUT2D eigenvalue weighted by molar-refractivity contribution is 5.69. The van der Waals surface area contributed by atoms with Crippen LogP contribution in [0, 0.1) is 0 Å². The van der Waals surface area contributed by atoms with E-state index in [0.717, 1.165) is 24.0 Å². The molecule has 0 aromatic heterocycles. The molecular weight excluding hydrogens is 222 g/mol. The van der Waals surface area contributed by atoms with Crippen molar-refractivity contribution in [2.45, 2.75) is 18.4 Å². The largest absolute Gasteiger partial charge is 0.235 e. The summed E-state index contributed by atoms with van der Waals surface area (Å²) in [6, 6.07) is 18.4. The first-order valence-electron chi connectivity index (χ1n) is 6.10. The third-order valence-electron chi connectivity index (χ3n) is 3.50. The molecule has 1 aliphatic carbocycles. The van der Waals surface area contributed by atoms with Crippen molar-refractivity contribution in [3.05, 3.63) is 60.2 Å². The van der Waals surface area contributed by atoms with Crippen LogP contribution >= 0.6 is 0 Å². The summed E-state index contributed by atoms with van der Waals surface area (Å²) in [5.74, 6) is 0. The summed E-state index contributed by atoms with van der Waals surface area (Å²) in [4.78, 5) is 14.6. The molecule has 0 atom stereocenters. The normalized spacial score (nSPS) is 15.8. The number of rotatable bonds is 3. The van der Waals surface area contributed by atoms with Gasteiger partial charge in [-0.25, -0.2) is 4.79 Å². The minimum atomic E-state index is -0.311. The summed E-state index contributed by atoms with van der Waals surface area (Å²) in [5, 5.41) is 0. The predicted octanol–water partition coefficient (Wildman–Crippen LogP) is 3.68. The lowest BCUT2D eigenvalue weighted by Gasteiger charge is -2.14. The van der Waals surface area contributed by atoms with E-state index >= 15 is 0 Å². The average molecular weight is 235 g/mol. The Kier molecular flexibility index (Phi) is 2.58. The van der Waals surface area contributed by atoms with Crippen LogP contribution in [0.3, 0.4) is 0 Å². The van der Waals surface area contributed by atoms with Crippen LogP contribution in [-0.2, 0) is 10.3 Å². The van der Waals surface area contributed by atoms with Gasteiger partial charge in [0.1, 0.15) is 0 Å². The minimum Gasteiger partial charge on any atom is -0.211 e. The van der Waals surface area contributed by atoms with Crippen LogP contribution in [0.1, 0.15) is 18.4 Å². The van der Waals surface area contributed by atoms with Gasteiger partial charge in [-0.15, -0.1) is 0 Å². The van der Waals surface area contributed by atoms with Gasteiger partial charge in [0.25, 0.3) is 0 Å². The smallest absolute Gasteiger partial charge is 0.211 e. The lowest BCUT2D eigenvalue weighted by atomic mass is 9.94. The van der Waals surface area contributed by atoms with Crippen molar-refractivity contribution in [1.29, 1.82) is 0 Å². The maximum Gasteiger partial charge on any atom is 0.235 e. The molecule has 0 radical (unpaired) electrons. The van der Waals surface area contributed by atoms with E-state index in [-0.39, 0.29) is 5.54 Å². The van der Waals surface area contributed by atoms with Crippen LogP contribution in [0.2, 0.25) is 0 Å². The van der Waals surface area contributed by atoms with E-state index in [2.05, 4.69) is 29.3 Å². The molecule has 0 spiro atoms. The summed E-state index contributed by atoms with van der Waals surface area (Å²) in [5.41, 5.74) is 3.16. The average Bonchev–Trinajstić information content (AvgIpc) is 3.21. The van der Waals surface area contributed by atoms with Crippen molar-refractivity contribution in [3.63, 3.8) is 0 Å². The number of carbonyl (C=O) groups excluding carboxylic acids is 1. The van der Waals surface area contributed by atoms with Gasteiger partial charge in [0, 0.05) is 0 Å². The molecule has 0 bridgehead atoms. The van der Waals surface area contributed by atoms with Crippen molar-refractivity contribution < 1.29 is 4.79 Å². The summed E-state index contributed by atoms with van der Waals surface area (Å²) in [6.45, 7) is 0. The maximum atomic E-state index is 10.6. The highest BCUT2D eigenvalue weighted by atomic mass is 16.1. The van der Waals surface area contributed by atoms with E-state index in [0.29, 0.717) is 0 Å². The van der Waals surface area contributed by atoms with E-state index in [1.165, 1.54) is 5.56 Å². The Balaban J connectivity index is 2.15. The van der Waals surface area contributed by atoms with E-state index in [4.69, 9.17) is 0 Å². The van der Waals surface area contributed by atoms with Gasteiger partial charge in [0.05, 0.1) is 5.54 Å². The van der Waals surface area contributed by atoms with Crippen LogP contribution in [0.15, 0.2) is 59.6 Å². The van der Waals surface area contributed by atoms with Crippen molar-refractivity contribution in [3.8, 4) is 11.1 Å². The Labute approximate surface area is 106 Å². The first-order valence-corrected chi connectivity index (χ1v) is 6.10. The number of aliphatic imine (C=N–C) groups is 1. The monoisotopic (exact) mass is 235 g/mol. The summed E-state index contributed by atoms with van der Waals surface area (Å²) >= 11 is 0. The van der Waals surface area contributed by atoms with E-state index < -0.39 is 0 Å². The van der Waals surface area contributed by atoms with E-state index in [1.807, 2.05) is 30.3 Å². The molecule has 0 saturated heterocycles. The number of hydrogen-bond acceptors (Lipinski definition) is 2. The summed E-state index contributed by atoms with van der Waals surface area (Å²) in [7, 11) is 0. The third kappa shape index (κ3) is 1.77. The molecule has 1 fully saturated rings. The Morgan fingerprint density at radius 1 is 0.944 bits per heavy atom. The Morgan fingerprint density at radius 3 is 2.28 bits per heavy atom. The summed E-state index contributed by atoms with van der Waals surface area (Å²) in [6.07, 6.45) is 3.60. The molecule has 2 aromatic carbocycles. The molecule has 2 nitrogen and oxygen atoms in total.